The predicted octanol–water partition coefficient (Wildman–Crippen LogP) is 3.44. The first-order valence-corrected chi connectivity index (χ1v) is 8.75. The van der Waals surface area contributed by atoms with Crippen LogP contribution in [0.2, 0.25) is 0 Å². The van der Waals surface area contributed by atoms with Crippen molar-refractivity contribution in [3.63, 3.8) is 0 Å². The number of aromatic nitrogens is 1. The summed E-state index contributed by atoms with van der Waals surface area (Å²) in [7, 11) is 0. The van der Waals surface area contributed by atoms with E-state index in [1.807, 2.05) is 45.0 Å². The van der Waals surface area contributed by atoms with Crippen molar-refractivity contribution >= 4 is 6.03 Å². The molecule has 1 aliphatic heterocycles. The van der Waals surface area contributed by atoms with Crippen molar-refractivity contribution in [3.05, 3.63) is 46.8 Å². The lowest BCUT2D eigenvalue weighted by Gasteiger charge is -2.21. The Hall–Kier alpha value is -2.50. The van der Waals surface area contributed by atoms with E-state index in [0.717, 1.165) is 41.2 Å². The molecule has 1 aliphatic rings. The smallest absolute Gasteiger partial charge is 0.315 e. The first-order chi connectivity index (χ1) is 12.0. The highest BCUT2D eigenvalue weighted by atomic mass is 16.5. The number of hydrogen-bond acceptors (Lipinski definition) is 4. The largest absolute Gasteiger partial charge is 0.493 e. The lowest BCUT2D eigenvalue weighted by atomic mass is 10.0. The van der Waals surface area contributed by atoms with E-state index in [9.17, 15) is 4.79 Å². The van der Waals surface area contributed by atoms with E-state index < -0.39 is 0 Å². The van der Waals surface area contributed by atoms with E-state index in [4.69, 9.17) is 9.26 Å². The Bertz CT molecular complexity index is 722. The number of hydrogen-bond donors (Lipinski definition) is 2. The molecule has 1 aromatic heterocycles. The first-order valence-electron chi connectivity index (χ1n) is 8.75. The third kappa shape index (κ3) is 4.13. The quantitative estimate of drug-likeness (QED) is 0.892. The number of amides is 2. The fraction of sp³-hybridized carbons (Fsp3) is 0.474. The average molecular weight is 343 g/mol. The van der Waals surface area contributed by atoms with Gasteiger partial charge in [-0.15, -0.1) is 0 Å². The minimum atomic E-state index is -0.166. The molecule has 2 amide bonds. The summed E-state index contributed by atoms with van der Waals surface area (Å²) in [5.41, 5.74) is 2.97. The van der Waals surface area contributed by atoms with Crippen LogP contribution in [0.1, 0.15) is 48.4 Å². The minimum absolute atomic E-state index is 0.0194. The molecule has 0 radical (unpaired) electrons. The Morgan fingerprint density at radius 2 is 2.16 bits per heavy atom. The summed E-state index contributed by atoms with van der Waals surface area (Å²) >= 11 is 0. The Balaban J connectivity index is 1.61. The van der Waals surface area contributed by atoms with Gasteiger partial charge < -0.3 is 19.9 Å². The highest BCUT2D eigenvalue weighted by Crippen LogP contribution is 2.31. The van der Waals surface area contributed by atoms with Crippen molar-refractivity contribution in [2.24, 2.45) is 0 Å². The second-order valence-corrected chi connectivity index (χ2v) is 6.61. The zero-order valence-corrected chi connectivity index (χ0v) is 15.0. The topological polar surface area (TPSA) is 76.4 Å². The SMILES string of the molecule is Cc1noc(C)c1CC(C)NC(=O)NC1CCCOc2ccccc21. The molecule has 1 aromatic carbocycles. The molecule has 6 heteroatoms. The molecule has 0 bridgehead atoms. The van der Waals surface area contributed by atoms with Crippen LogP contribution in [0.3, 0.4) is 0 Å². The number of rotatable bonds is 4. The van der Waals surface area contributed by atoms with Crippen LogP contribution >= 0.6 is 0 Å². The molecule has 25 heavy (non-hydrogen) atoms. The molecule has 3 rings (SSSR count). The van der Waals surface area contributed by atoms with E-state index in [1.165, 1.54) is 0 Å². The Kier molecular flexibility index (Phi) is 5.26. The maximum atomic E-state index is 12.4. The van der Waals surface area contributed by atoms with Crippen molar-refractivity contribution in [2.75, 3.05) is 6.61 Å². The Morgan fingerprint density at radius 3 is 2.92 bits per heavy atom. The van der Waals surface area contributed by atoms with Crippen LogP contribution in [0, 0.1) is 13.8 Å². The van der Waals surface area contributed by atoms with Gasteiger partial charge in [0.2, 0.25) is 0 Å². The van der Waals surface area contributed by atoms with Gasteiger partial charge in [-0.05, 0) is 46.1 Å². The number of ether oxygens (including phenoxy) is 1. The van der Waals surface area contributed by atoms with Gasteiger partial charge in [-0.1, -0.05) is 23.4 Å². The van der Waals surface area contributed by atoms with Crippen molar-refractivity contribution in [3.8, 4) is 5.75 Å². The van der Waals surface area contributed by atoms with Gasteiger partial charge in [-0.3, -0.25) is 0 Å². The standard InChI is InChI=1S/C19H25N3O3/c1-12(11-16-13(2)22-25-14(16)3)20-19(23)21-17-8-6-10-24-18-9-5-4-7-15(17)18/h4-5,7,9,12,17H,6,8,10-11H2,1-3H3,(H2,20,21,23). The minimum Gasteiger partial charge on any atom is -0.493 e. The summed E-state index contributed by atoms with van der Waals surface area (Å²) < 4.78 is 10.9. The van der Waals surface area contributed by atoms with Crippen LogP contribution in [0.5, 0.6) is 5.75 Å². The third-order valence-corrected chi connectivity index (χ3v) is 4.56. The maximum Gasteiger partial charge on any atom is 0.315 e. The highest BCUT2D eigenvalue weighted by molar-refractivity contribution is 5.75. The highest BCUT2D eigenvalue weighted by Gasteiger charge is 2.22. The number of urea groups is 1. The molecular formula is C19H25N3O3. The summed E-state index contributed by atoms with van der Waals surface area (Å²) in [4.78, 5) is 12.4. The maximum absolute atomic E-state index is 12.4. The normalized spacial score (nSPS) is 17.8. The Morgan fingerprint density at radius 1 is 1.36 bits per heavy atom. The average Bonchev–Trinajstić information content (AvgIpc) is 2.79. The molecule has 0 fully saturated rings. The number of benzene rings is 1. The number of nitrogens with zero attached hydrogens (tertiary/aromatic N) is 1. The summed E-state index contributed by atoms with van der Waals surface area (Å²) in [6, 6.07) is 7.67. The van der Waals surface area contributed by atoms with Gasteiger partial charge in [-0.2, -0.15) is 0 Å². The number of aryl methyl sites for hydroxylation is 2. The summed E-state index contributed by atoms with van der Waals surface area (Å²) in [5.74, 6) is 1.66. The second-order valence-electron chi connectivity index (χ2n) is 6.61. The van der Waals surface area contributed by atoms with Gasteiger partial charge in [0.15, 0.2) is 0 Å². The lowest BCUT2D eigenvalue weighted by Crippen LogP contribution is -2.43. The lowest BCUT2D eigenvalue weighted by molar-refractivity contribution is 0.233. The summed E-state index contributed by atoms with van der Waals surface area (Å²) in [6.07, 6.45) is 2.47. The van der Waals surface area contributed by atoms with Crippen LogP contribution in [-0.4, -0.2) is 23.8 Å². The van der Waals surface area contributed by atoms with Crippen LogP contribution in [0.4, 0.5) is 4.79 Å². The van der Waals surface area contributed by atoms with Crippen molar-refractivity contribution in [1.29, 1.82) is 0 Å². The van der Waals surface area contributed by atoms with Crippen molar-refractivity contribution in [2.45, 2.75) is 52.1 Å². The molecule has 134 valence electrons. The van der Waals surface area contributed by atoms with Crippen LogP contribution in [0.15, 0.2) is 28.8 Å². The van der Waals surface area contributed by atoms with Gasteiger partial charge in [-0.25, -0.2) is 4.79 Å². The van der Waals surface area contributed by atoms with Crippen LogP contribution in [-0.2, 0) is 6.42 Å². The molecule has 2 aromatic rings. The molecule has 2 atom stereocenters. The zero-order valence-electron chi connectivity index (χ0n) is 15.0. The van der Waals surface area contributed by atoms with E-state index in [0.29, 0.717) is 13.0 Å². The summed E-state index contributed by atoms with van der Waals surface area (Å²) in [5, 5.41) is 10.1. The van der Waals surface area contributed by atoms with Gasteiger partial charge in [0.25, 0.3) is 0 Å². The number of para-hydroxylation sites is 1. The van der Waals surface area contributed by atoms with Crippen LogP contribution in [0.25, 0.3) is 0 Å². The molecule has 0 saturated heterocycles. The summed E-state index contributed by atoms with van der Waals surface area (Å²) in [6.45, 7) is 6.47. The molecule has 2 unspecified atom stereocenters. The first kappa shape index (κ1) is 17.3. The van der Waals surface area contributed by atoms with Crippen LogP contribution < -0.4 is 15.4 Å². The number of fused-ring (bicyclic) bond motifs is 1. The van der Waals surface area contributed by atoms with Crippen molar-refractivity contribution < 1.29 is 14.1 Å². The molecule has 0 spiro atoms. The van der Waals surface area contributed by atoms with E-state index in [-0.39, 0.29) is 18.1 Å². The molecule has 0 saturated carbocycles. The monoisotopic (exact) mass is 343 g/mol. The van der Waals surface area contributed by atoms with Gasteiger partial charge in [0.05, 0.1) is 18.3 Å². The fourth-order valence-corrected chi connectivity index (χ4v) is 3.25. The zero-order chi connectivity index (χ0) is 17.8. The van der Waals surface area contributed by atoms with E-state index in [1.54, 1.807) is 0 Å². The molecule has 2 N–H and O–H groups in total. The molecular weight excluding hydrogens is 318 g/mol. The van der Waals surface area contributed by atoms with Gasteiger partial charge >= 0.3 is 6.03 Å². The number of nitrogens with one attached hydrogen (secondary N) is 2. The van der Waals surface area contributed by atoms with Crippen molar-refractivity contribution in [1.82, 2.24) is 15.8 Å². The van der Waals surface area contributed by atoms with Gasteiger partial charge in [0.1, 0.15) is 11.5 Å². The predicted molar refractivity (Wildman–Crippen MR) is 94.7 cm³/mol. The molecule has 0 aliphatic carbocycles. The molecule has 6 nitrogen and oxygen atoms in total. The third-order valence-electron chi connectivity index (χ3n) is 4.56. The Labute approximate surface area is 147 Å². The van der Waals surface area contributed by atoms with E-state index in [2.05, 4.69) is 15.8 Å². The number of carbonyl (C=O) groups excluding carboxylic acids is 1. The number of carbonyl (C=O) groups is 1. The van der Waals surface area contributed by atoms with E-state index >= 15 is 0 Å². The molecule has 2 heterocycles. The fourth-order valence-electron chi connectivity index (χ4n) is 3.25. The second kappa shape index (κ2) is 7.59. The van der Waals surface area contributed by atoms with Gasteiger partial charge in [0, 0.05) is 17.2 Å².